The van der Waals surface area contributed by atoms with Crippen molar-refractivity contribution in [3.05, 3.63) is 12.2 Å². The Labute approximate surface area is 575 Å². The van der Waals surface area contributed by atoms with Crippen molar-refractivity contribution < 1.29 is 104 Å². The Morgan fingerprint density at radius 2 is 0.969 bits per heavy atom. The molecule has 0 radical (unpaired) electrons. The minimum absolute atomic E-state index is 0.224. The maximum absolute atomic E-state index is 13.5. The second kappa shape index (κ2) is 53.3. The number of aliphatic hydroxyl groups is 11. The molecule has 18 atom stereocenters. The fourth-order valence-corrected chi connectivity index (χ4v) is 13.4. The van der Waals surface area contributed by atoms with E-state index in [1.807, 2.05) is 0 Å². The van der Waals surface area contributed by atoms with E-state index < -0.39 is 148 Å². The summed E-state index contributed by atoms with van der Waals surface area (Å²) >= 11 is 0. The maximum atomic E-state index is 13.5. The summed E-state index contributed by atoms with van der Waals surface area (Å²) in [5.74, 6) is -6.10. The summed E-state index contributed by atoms with van der Waals surface area (Å²) in [6.07, 6.45) is 25.0. The summed E-state index contributed by atoms with van der Waals surface area (Å²) in [5, 5.41) is 136. The highest BCUT2D eigenvalue weighted by Crippen LogP contribution is 2.39. The highest BCUT2D eigenvalue weighted by atomic mass is 16.8. The zero-order chi connectivity index (χ0) is 70.4. The number of allylic oxidation sites excluding steroid dienone is 2. The molecule has 18 unspecified atom stereocenters. The van der Waals surface area contributed by atoms with Crippen molar-refractivity contribution in [3.63, 3.8) is 0 Å². The number of aliphatic carboxylic acids is 1. The van der Waals surface area contributed by atoms with Gasteiger partial charge in [-0.3, -0.25) is 9.59 Å². The second-order valence-electron chi connectivity index (χ2n) is 27.9. The standard InChI is InChI=1S/C73H136N2O21/c1-4-6-8-10-12-14-16-18-20-22-23-24-25-26-27-28-29-30-31-33-35-37-39-41-43-45-47-60(83)75-54(55(80)46-44-42-40-38-36-34-32-21-19-17-15-13-11-9-7-5-2)52-91-70-65(87)64(86)67(59(51-78)93-70)94-71-66(88)69(63(85)58(50-77)92-71)96-73(72(89)90)48-56(81)61(74-53(3)79)68(95-73)62(84)57(82)49-76/h26-27,54-59,61-71,76-78,80-82,84-88H,4-25,28-52H2,1-3H3,(H,74,79)(H,75,83)(H,89,90)/b27-26-. The number of ether oxygens (including phenoxy) is 6. The van der Waals surface area contributed by atoms with Crippen molar-refractivity contribution in [1.82, 2.24) is 10.6 Å². The molecule has 3 aliphatic rings. The van der Waals surface area contributed by atoms with Crippen LogP contribution in [0.5, 0.6) is 0 Å². The average molecular weight is 1380 g/mol. The highest BCUT2D eigenvalue weighted by molar-refractivity contribution is 5.77. The highest BCUT2D eigenvalue weighted by Gasteiger charge is 2.60. The summed E-state index contributed by atoms with van der Waals surface area (Å²) in [6.45, 7) is 2.24. The van der Waals surface area contributed by atoms with Crippen LogP contribution in [0.25, 0.3) is 0 Å². The Kier molecular flexibility index (Phi) is 48.7. The number of amides is 2. The van der Waals surface area contributed by atoms with E-state index >= 15 is 0 Å². The first kappa shape index (κ1) is 87.7. The lowest BCUT2D eigenvalue weighted by molar-refractivity contribution is -0.386. The number of hydrogen-bond donors (Lipinski definition) is 14. The van der Waals surface area contributed by atoms with Gasteiger partial charge in [0.1, 0.15) is 67.1 Å². The summed E-state index contributed by atoms with van der Waals surface area (Å²) in [4.78, 5) is 38.6. The van der Waals surface area contributed by atoms with E-state index in [2.05, 4.69) is 36.6 Å². The lowest BCUT2D eigenvalue weighted by Gasteiger charge is -2.50. The molecule has 14 N–H and O–H groups in total. The first-order chi connectivity index (χ1) is 46.4. The van der Waals surface area contributed by atoms with E-state index in [-0.39, 0.29) is 18.9 Å². The fraction of sp³-hybridized carbons (Fsp3) is 0.932. The molecule has 3 fully saturated rings. The normalized spacial score (nSPS) is 27.6. The molecule has 3 rings (SSSR count). The zero-order valence-corrected chi connectivity index (χ0v) is 59.2. The van der Waals surface area contributed by atoms with E-state index in [1.165, 1.54) is 186 Å². The number of carbonyl (C=O) groups excluding carboxylic acids is 2. The molecule has 3 aliphatic heterocycles. The van der Waals surface area contributed by atoms with Crippen molar-refractivity contribution in [2.24, 2.45) is 0 Å². The van der Waals surface area contributed by atoms with Gasteiger partial charge in [-0.05, 0) is 38.5 Å². The monoisotopic (exact) mass is 1380 g/mol. The number of unbranched alkanes of at least 4 members (excludes halogenated alkanes) is 37. The van der Waals surface area contributed by atoms with Gasteiger partial charge in [0, 0.05) is 19.8 Å². The molecule has 23 nitrogen and oxygen atoms in total. The molecular weight excluding hydrogens is 1240 g/mol. The largest absolute Gasteiger partial charge is 0.477 e. The SMILES string of the molecule is CCCCCCCCCCCCCC/C=C\CCCCCCCCCCCCC(=O)NC(COC1OC(CO)C(OC2OC(CO)C(O)C(OC3(C(=O)O)CC(O)C(NC(C)=O)C(C(O)C(O)CO)O3)C2O)C(O)C1O)C(O)CCCCCCCCCCCCCCCCCC. The Morgan fingerprint density at radius 3 is 1.41 bits per heavy atom. The molecule has 0 spiro atoms. The third-order valence-corrected chi connectivity index (χ3v) is 19.5. The fourth-order valence-electron chi connectivity index (χ4n) is 13.4. The molecule has 3 saturated heterocycles. The van der Waals surface area contributed by atoms with Crippen LogP contribution in [0, 0.1) is 0 Å². The van der Waals surface area contributed by atoms with E-state index in [4.69, 9.17) is 28.4 Å². The van der Waals surface area contributed by atoms with E-state index in [0.717, 1.165) is 64.7 Å². The summed E-state index contributed by atoms with van der Waals surface area (Å²) < 4.78 is 34.9. The number of rotatable bonds is 59. The molecule has 0 aromatic heterocycles. The second-order valence-corrected chi connectivity index (χ2v) is 27.9. The average Bonchev–Trinajstić information content (AvgIpc) is 0.757. The van der Waals surface area contributed by atoms with Crippen molar-refractivity contribution in [1.29, 1.82) is 0 Å². The van der Waals surface area contributed by atoms with E-state index in [9.17, 15) is 75.7 Å². The number of carboxylic acids is 1. The third-order valence-electron chi connectivity index (χ3n) is 19.5. The molecule has 0 aromatic carbocycles. The summed E-state index contributed by atoms with van der Waals surface area (Å²) in [7, 11) is 0. The molecule has 3 heterocycles. The van der Waals surface area contributed by atoms with Crippen LogP contribution >= 0.6 is 0 Å². The van der Waals surface area contributed by atoms with Gasteiger partial charge in [-0.15, -0.1) is 0 Å². The first-order valence-electron chi connectivity index (χ1n) is 38.0. The lowest BCUT2D eigenvalue weighted by Crippen LogP contribution is -2.70. The topological polar surface area (TPSA) is 373 Å². The van der Waals surface area contributed by atoms with Crippen molar-refractivity contribution in [2.75, 3.05) is 26.4 Å². The molecule has 96 heavy (non-hydrogen) atoms. The van der Waals surface area contributed by atoms with Crippen LogP contribution in [0.3, 0.4) is 0 Å². The lowest BCUT2D eigenvalue weighted by atomic mass is 9.88. The number of carboxylic acid groups (broad SMARTS) is 1. The number of aliphatic hydroxyl groups excluding tert-OH is 11. The molecule has 23 heteroatoms. The van der Waals surface area contributed by atoms with Gasteiger partial charge in [0.05, 0.1) is 50.7 Å². The predicted molar refractivity (Wildman–Crippen MR) is 366 cm³/mol. The van der Waals surface area contributed by atoms with Gasteiger partial charge >= 0.3 is 5.97 Å². The quantitative estimate of drug-likeness (QED) is 0.0200. The van der Waals surface area contributed by atoms with Gasteiger partial charge in [0.2, 0.25) is 11.8 Å². The number of hydrogen-bond acceptors (Lipinski definition) is 20. The van der Waals surface area contributed by atoms with Gasteiger partial charge in [0.15, 0.2) is 12.6 Å². The van der Waals surface area contributed by atoms with E-state index in [0.29, 0.717) is 19.3 Å². The van der Waals surface area contributed by atoms with Crippen LogP contribution < -0.4 is 10.6 Å². The number of nitrogens with one attached hydrogen (secondary N) is 2. The minimum Gasteiger partial charge on any atom is -0.477 e. The Bertz CT molecular complexity index is 1980. The third kappa shape index (κ3) is 34.4. The van der Waals surface area contributed by atoms with Crippen molar-refractivity contribution in [2.45, 2.75) is 407 Å². The minimum atomic E-state index is -3.08. The van der Waals surface area contributed by atoms with E-state index in [1.54, 1.807) is 0 Å². The first-order valence-corrected chi connectivity index (χ1v) is 38.0. The molecule has 2 amide bonds. The summed E-state index contributed by atoms with van der Waals surface area (Å²) in [5.41, 5.74) is 0. The van der Waals surface area contributed by atoms with Crippen molar-refractivity contribution >= 4 is 17.8 Å². The Morgan fingerprint density at radius 1 is 0.531 bits per heavy atom. The summed E-state index contributed by atoms with van der Waals surface area (Å²) in [6, 6.07) is -2.53. The molecule has 0 bridgehead atoms. The van der Waals surface area contributed by atoms with Crippen LogP contribution in [-0.2, 0) is 42.8 Å². The molecule has 0 saturated carbocycles. The van der Waals surface area contributed by atoms with Crippen LogP contribution in [0.15, 0.2) is 12.2 Å². The molecule has 564 valence electrons. The smallest absolute Gasteiger partial charge is 0.364 e. The van der Waals surface area contributed by atoms with Crippen LogP contribution in [-0.4, -0.2) is 215 Å². The van der Waals surface area contributed by atoms with Crippen molar-refractivity contribution in [3.8, 4) is 0 Å². The molecule has 0 aliphatic carbocycles. The predicted octanol–water partition coefficient (Wildman–Crippen LogP) is 8.63. The molecule has 0 aromatic rings. The van der Waals surface area contributed by atoms with Gasteiger partial charge in [-0.1, -0.05) is 251 Å². The van der Waals surface area contributed by atoms with Gasteiger partial charge in [-0.25, -0.2) is 4.79 Å². The van der Waals surface area contributed by atoms with Gasteiger partial charge in [0.25, 0.3) is 5.79 Å². The van der Waals surface area contributed by atoms with Crippen LogP contribution in [0.1, 0.15) is 297 Å². The van der Waals surface area contributed by atoms with Crippen LogP contribution in [0.2, 0.25) is 0 Å². The Hall–Kier alpha value is -2.53. The maximum Gasteiger partial charge on any atom is 0.364 e. The molecular formula is C73H136N2O21. The zero-order valence-electron chi connectivity index (χ0n) is 59.2. The van der Waals surface area contributed by atoms with Crippen LogP contribution in [0.4, 0.5) is 0 Å². The number of carbonyl (C=O) groups is 3. The Balaban J connectivity index is 1.53. The van der Waals surface area contributed by atoms with Gasteiger partial charge in [-0.2, -0.15) is 0 Å². The van der Waals surface area contributed by atoms with Gasteiger partial charge < -0.3 is 100 Å².